The molecule has 1 aromatic heterocycles. The van der Waals surface area contributed by atoms with E-state index in [1.165, 1.54) is 18.2 Å². The number of nitro groups is 1. The van der Waals surface area contributed by atoms with E-state index >= 15 is 0 Å². The number of nitrogens with one attached hydrogen (secondary N) is 1. The first-order chi connectivity index (χ1) is 10.0. The second kappa shape index (κ2) is 6.30. The SMILES string of the molecule is CCCNc1cc([N+](=O)[O-])cc(-c2cc(C)ccc2F)n1. The summed E-state index contributed by atoms with van der Waals surface area (Å²) < 4.78 is 13.9. The molecule has 0 spiro atoms. The molecule has 2 rings (SSSR count). The second-order valence-corrected chi connectivity index (χ2v) is 4.76. The van der Waals surface area contributed by atoms with Gasteiger partial charge in [0, 0.05) is 18.2 Å². The number of aromatic nitrogens is 1. The number of benzene rings is 1. The predicted molar refractivity (Wildman–Crippen MR) is 79.8 cm³/mol. The molecule has 0 saturated carbocycles. The Hall–Kier alpha value is -2.50. The van der Waals surface area contributed by atoms with Crippen molar-refractivity contribution in [2.24, 2.45) is 0 Å². The van der Waals surface area contributed by atoms with Gasteiger partial charge in [0.2, 0.25) is 0 Å². The van der Waals surface area contributed by atoms with Gasteiger partial charge in [-0.1, -0.05) is 18.6 Å². The number of hydrogen-bond donors (Lipinski definition) is 1. The van der Waals surface area contributed by atoms with Crippen LogP contribution in [0.4, 0.5) is 15.9 Å². The number of pyridine rings is 1. The van der Waals surface area contributed by atoms with Gasteiger partial charge in [0.05, 0.1) is 16.7 Å². The van der Waals surface area contributed by atoms with E-state index in [0.29, 0.717) is 12.4 Å². The average molecular weight is 289 g/mol. The van der Waals surface area contributed by atoms with Gasteiger partial charge in [-0.3, -0.25) is 10.1 Å². The Kier molecular flexibility index (Phi) is 4.47. The molecule has 0 atom stereocenters. The monoisotopic (exact) mass is 289 g/mol. The zero-order valence-corrected chi connectivity index (χ0v) is 11.9. The third kappa shape index (κ3) is 3.53. The van der Waals surface area contributed by atoms with E-state index in [-0.39, 0.29) is 16.9 Å². The highest BCUT2D eigenvalue weighted by Crippen LogP contribution is 2.27. The van der Waals surface area contributed by atoms with Crippen molar-refractivity contribution in [3.05, 3.63) is 51.8 Å². The van der Waals surface area contributed by atoms with Gasteiger partial charge in [0.1, 0.15) is 11.6 Å². The third-order valence-corrected chi connectivity index (χ3v) is 2.97. The highest BCUT2D eigenvalue weighted by atomic mass is 19.1. The number of halogens is 1. The van der Waals surface area contributed by atoms with E-state index < -0.39 is 10.7 Å². The van der Waals surface area contributed by atoms with E-state index in [1.54, 1.807) is 12.1 Å². The summed E-state index contributed by atoms with van der Waals surface area (Å²) in [7, 11) is 0. The standard InChI is InChI=1S/C15H16FN3O2/c1-3-6-17-15-9-11(19(20)21)8-14(18-15)12-7-10(2)4-5-13(12)16/h4-5,7-9H,3,6H2,1-2H3,(H,17,18). The lowest BCUT2D eigenvalue weighted by Gasteiger charge is -2.08. The average Bonchev–Trinajstić information content (AvgIpc) is 2.47. The lowest BCUT2D eigenvalue weighted by molar-refractivity contribution is -0.384. The van der Waals surface area contributed by atoms with Gasteiger partial charge in [-0.2, -0.15) is 0 Å². The second-order valence-electron chi connectivity index (χ2n) is 4.76. The normalized spacial score (nSPS) is 10.4. The number of anilines is 1. The zero-order chi connectivity index (χ0) is 15.4. The zero-order valence-electron chi connectivity index (χ0n) is 11.9. The Bertz CT molecular complexity index is 674. The number of hydrogen-bond acceptors (Lipinski definition) is 4. The molecule has 0 fully saturated rings. The van der Waals surface area contributed by atoms with Crippen LogP contribution >= 0.6 is 0 Å². The summed E-state index contributed by atoms with van der Waals surface area (Å²) in [5, 5.41) is 14.0. The molecule has 0 saturated heterocycles. The molecule has 0 aliphatic rings. The molecule has 2 aromatic rings. The van der Waals surface area contributed by atoms with Crippen molar-refractivity contribution >= 4 is 11.5 Å². The van der Waals surface area contributed by atoms with Crippen LogP contribution in [0.3, 0.4) is 0 Å². The maximum absolute atomic E-state index is 13.9. The number of aryl methyl sites for hydroxylation is 1. The van der Waals surface area contributed by atoms with Gasteiger partial charge in [0.25, 0.3) is 5.69 Å². The van der Waals surface area contributed by atoms with E-state index in [2.05, 4.69) is 10.3 Å². The Morgan fingerprint density at radius 1 is 1.33 bits per heavy atom. The van der Waals surface area contributed by atoms with E-state index in [9.17, 15) is 14.5 Å². The number of nitrogens with zero attached hydrogens (tertiary/aromatic N) is 2. The van der Waals surface area contributed by atoms with E-state index in [0.717, 1.165) is 12.0 Å². The summed E-state index contributed by atoms with van der Waals surface area (Å²) in [5.41, 5.74) is 1.27. The lowest BCUT2D eigenvalue weighted by Crippen LogP contribution is -2.04. The molecule has 1 aromatic carbocycles. The molecule has 5 nitrogen and oxygen atoms in total. The summed E-state index contributed by atoms with van der Waals surface area (Å²) in [4.78, 5) is 14.8. The van der Waals surface area contributed by atoms with Gasteiger partial charge in [-0.25, -0.2) is 9.37 Å². The summed E-state index contributed by atoms with van der Waals surface area (Å²) in [6.45, 7) is 4.45. The molecule has 0 unspecified atom stereocenters. The Morgan fingerprint density at radius 2 is 2.10 bits per heavy atom. The highest BCUT2D eigenvalue weighted by Gasteiger charge is 2.15. The molecular formula is C15H16FN3O2. The molecule has 0 bridgehead atoms. The third-order valence-electron chi connectivity index (χ3n) is 2.97. The van der Waals surface area contributed by atoms with Crippen molar-refractivity contribution < 1.29 is 9.31 Å². The van der Waals surface area contributed by atoms with Crippen molar-refractivity contribution in [2.75, 3.05) is 11.9 Å². The van der Waals surface area contributed by atoms with Crippen molar-refractivity contribution in [3.63, 3.8) is 0 Å². The van der Waals surface area contributed by atoms with Gasteiger partial charge >= 0.3 is 0 Å². The van der Waals surface area contributed by atoms with Crippen molar-refractivity contribution in [3.8, 4) is 11.3 Å². The Morgan fingerprint density at radius 3 is 2.76 bits per heavy atom. The van der Waals surface area contributed by atoms with Crippen molar-refractivity contribution in [1.29, 1.82) is 0 Å². The van der Waals surface area contributed by atoms with Gasteiger partial charge in [-0.15, -0.1) is 0 Å². The Balaban J connectivity index is 2.53. The van der Waals surface area contributed by atoms with Crippen LogP contribution in [-0.4, -0.2) is 16.5 Å². The smallest absolute Gasteiger partial charge is 0.275 e. The molecule has 21 heavy (non-hydrogen) atoms. The molecule has 110 valence electrons. The van der Waals surface area contributed by atoms with Crippen LogP contribution in [0, 0.1) is 22.9 Å². The fraction of sp³-hybridized carbons (Fsp3) is 0.267. The van der Waals surface area contributed by atoms with Crippen LogP contribution in [0.25, 0.3) is 11.3 Å². The van der Waals surface area contributed by atoms with E-state index in [4.69, 9.17) is 0 Å². The molecule has 0 aliphatic heterocycles. The summed E-state index contributed by atoms with van der Waals surface area (Å²) >= 11 is 0. The van der Waals surface area contributed by atoms with Crippen LogP contribution in [0.1, 0.15) is 18.9 Å². The molecule has 6 heteroatoms. The summed E-state index contributed by atoms with van der Waals surface area (Å²) in [5.74, 6) is -0.0722. The van der Waals surface area contributed by atoms with Gasteiger partial charge in [0.15, 0.2) is 0 Å². The molecule has 0 aliphatic carbocycles. The van der Waals surface area contributed by atoms with Crippen LogP contribution in [0.2, 0.25) is 0 Å². The first kappa shape index (κ1) is 14.9. The largest absolute Gasteiger partial charge is 0.370 e. The summed E-state index contributed by atoms with van der Waals surface area (Å²) in [6, 6.07) is 7.25. The minimum atomic E-state index is -0.504. The lowest BCUT2D eigenvalue weighted by atomic mass is 10.1. The molecule has 1 N–H and O–H groups in total. The van der Waals surface area contributed by atoms with E-state index in [1.807, 2.05) is 13.8 Å². The minimum absolute atomic E-state index is 0.112. The molecule has 0 radical (unpaired) electrons. The molecular weight excluding hydrogens is 273 g/mol. The van der Waals surface area contributed by atoms with Crippen LogP contribution in [0.15, 0.2) is 30.3 Å². The van der Waals surface area contributed by atoms with Gasteiger partial charge in [-0.05, 0) is 25.5 Å². The van der Waals surface area contributed by atoms with Gasteiger partial charge < -0.3 is 5.32 Å². The highest BCUT2D eigenvalue weighted by molar-refractivity contribution is 5.66. The first-order valence-electron chi connectivity index (χ1n) is 6.68. The quantitative estimate of drug-likeness (QED) is 0.669. The Labute approximate surface area is 122 Å². The maximum atomic E-state index is 13.9. The van der Waals surface area contributed by atoms with Crippen molar-refractivity contribution in [1.82, 2.24) is 4.98 Å². The summed E-state index contributed by atoms with van der Waals surface area (Å²) in [6.07, 6.45) is 0.860. The maximum Gasteiger partial charge on any atom is 0.275 e. The fourth-order valence-electron chi connectivity index (χ4n) is 1.94. The fourth-order valence-corrected chi connectivity index (χ4v) is 1.94. The minimum Gasteiger partial charge on any atom is -0.370 e. The van der Waals surface area contributed by atoms with Crippen LogP contribution in [-0.2, 0) is 0 Å². The first-order valence-corrected chi connectivity index (χ1v) is 6.68. The van der Waals surface area contributed by atoms with Crippen LogP contribution in [0.5, 0.6) is 0 Å². The number of rotatable bonds is 5. The predicted octanol–water partition coefficient (Wildman–Crippen LogP) is 3.93. The van der Waals surface area contributed by atoms with Crippen molar-refractivity contribution in [2.45, 2.75) is 20.3 Å². The molecule has 1 heterocycles. The van der Waals surface area contributed by atoms with Crippen LogP contribution < -0.4 is 5.32 Å². The topological polar surface area (TPSA) is 68.1 Å². The molecule has 0 amide bonds.